The molecule has 3 heteroatoms. The molecule has 2 rings (SSSR count). The third-order valence-electron chi connectivity index (χ3n) is 3.52. The average Bonchev–Trinajstić information content (AvgIpc) is 2.75. The van der Waals surface area contributed by atoms with Crippen LogP contribution in [0.2, 0.25) is 0 Å². The van der Waals surface area contributed by atoms with E-state index in [1.54, 1.807) is 0 Å². The van der Waals surface area contributed by atoms with Crippen LogP contribution < -0.4 is 5.73 Å². The lowest BCUT2D eigenvalue weighted by Gasteiger charge is -2.27. The minimum absolute atomic E-state index is 0.161. The van der Waals surface area contributed by atoms with Gasteiger partial charge in [0.25, 0.3) is 0 Å². The van der Waals surface area contributed by atoms with Crippen molar-refractivity contribution in [3.8, 4) is 0 Å². The number of aryl methyl sites for hydroxylation is 2. The molecule has 3 nitrogen and oxygen atoms in total. The van der Waals surface area contributed by atoms with Gasteiger partial charge in [0.05, 0.1) is 5.69 Å². The SMILES string of the molecule is Cc1noc(C)c1C1(CN)CCCC1. The first-order valence-corrected chi connectivity index (χ1v) is 5.33. The molecule has 1 aromatic heterocycles. The molecule has 0 spiro atoms. The summed E-state index contributed by atoms with van der Waals surface area (Å²) in [6.45, 7) is 4.72. The Bertz CT molecular complexity index is 305. The van der Waals surface area contributed by atoms with Gasteiger partial charge in [-0.25, -0.2) is 0 Å². The van der Waals surface area contributed by atoms with E-state index in [1.165, 1.54) is 31.2 Å². The second kappa shape index (κ2) is 3.39. The summed E-state index contributed by atoms with van der Waals surface area (Å²) in [5, 5.41) is 4.02. The molecule has 0 amide bonds. The maximum absolute atomic E-state index is 5.93. The maximum atomic E-state index is 5.93. The molecule has 0 aromatic carbocycles. The van der Waals surface area contributed by atoms with Crippen LogP contribution in [0.1, 0.15) is 42.7 Å². The predicted molar refractivity (Wildman–Crippen MR) is 55.2 cm³/mol. The van der Waals surface area contributed by atoms with E-state index in [2.05, 4.69) is 5.16 Å². The highest BCUT2D eigenvalue weighted by molar-refractivity contribution is 5.32. The molecule has 0 atom stereocenters. The topological polar surface area (TPSA) is 52.0 Å². The molecule has 0 bridgehead atoms. The average molecular weight is 194 g/mol. The van der Waals surface area contributed by atoms with Crippen molar-refractivity contribution in [1.29, 1.82) is 0 Å². The monoisotopic (exact) mass is 194 g/mol. The van der Waals surface area contributed by atoms with Crippen molar-refractivity contribution in [2.45, 2.75) is 44.9 Å². The standard InChI is InChI=1S/C11H18N2O/c1-8-10(9(2)14-13-8)11(7-12)5-3-4-6-11/h3-7,12H2,1-2H3. The van der Waals surface area contributed by atoms with E-state index >= 15 is 0 Å². The zero-order valence-electron chi connectivity index (χ0n) is 8.97. The van der Waals surface area contributed by atoms with Gasteiger partial charge in [0.1, 0.15) is 5.76 Å². The smallest absolute Gasteiger partial charge is 0.137 e. The normalized spacial score (nSPS) is 20.2. The Kier molecular flexibility index (Phi) is 2.35. The number of nitrogens with two attached hydrogens (primary N) is 1. The van der Waals surface area contributed by atoms with Gasteiger partial charge >= 0.3 is 0 Å². The van der Waals surface area contributed by atoms with Crippen LogP contribution >= 0.6 is 0 Å². The summed E-state index contributed by atoms with van der Waals surface area (Å²) < 4.78 is 5.23. The maximum Gasteiger partial charge on any atom is 0.137 e. The molecule has 2 N–H and O–H groups in total. The zero-order valence-corrected chi connectivity index (χ0v) is 8.97. The first-order valence-electron chi connectivity index (χ1n) is 5.33. The molecule has 0 saturated heterocycles. The molecule has 0 radical (unpaired) electrons. The van der Waals surface area contributed by atoms with Crippen molar-refractivity contribution < 1.29 is 4.52 Å². The van der Waals surface area contributed by atoms with E-state index in [-0.39, 0.29) is 5.41 Å². The molecule has 14 heavy (non-hydrogen) atoms. The van der Waals surface area contributed by atoms with Crippen molar-refractivity contribution in [2.75, 3.05) is 6.54 Å². The van der Waals surface area contributed by atoms with E-state index in [4.69, 9.17) is 10.3 Å². The molecule has 78 valence electrons. The zero-order chi connectivity index (χ0) is 10.2. The lowest BCUT2D eigenvalue weighted by Crippen LogP contribution is -2.33. The number of aromatic nitrogens is 1. The van der Waals surface area contributed by atoms with Crippen LogP contribution in [0.15, 0.2) is 4.52 Å². The fourth-order valence-electron chi connectivity index (χ4n) is 2.85. The highest BCUT2D eigenvalue weighted by atomic mass is 16.5. The Hall–Kier alpha value is -0.830. The lowest BCUT2D eigenvalue weighted by molar-refractivity contribution is 0.383. The van der Waals surface area contributed by atoms with Crippen LogP contribution in [-0.4, -0.2) is 11.7 Å². The third kappa shape index (κ3) is 1.27. The van der Waals surface area contributed by atoms with Gasteiger partial charge in [0.2, 0.25) is 0 Å². The summed E-state index contributed by atoms with van der Waals surface area (Å²) in [5.41, 5.74) is 8.39. The van der Waals surface area contributed by atoms with Crippen LogP contribution in [0, 0.1) is 13.8 Å². The second-order valence-electron chi connectivity index (χ2n) is 4.39. The van der Waals surface area contributed by atoms with Crippen molar-refractivity contribution >= 4 is 0 Å². The first kappa shape index (κ1) is 9.71. The predicted octanol–water partition coefficient (Wildman–Crippen LogP) is 2.06. The Balaban J connectivity index is 2.45. The molecule has 1 saturated carbocycles. The van der Waals surface area contributed by atoms with Gasteiger partial charge in [-0.3, -0.25) is 0 Å². The van der Waals surface area contributed by atoms with E-state index < -0.39 is 0 Å². The van der Waals surface area contributed by atoms with Gasteiger partial charge < -0.3 is 10.3 Å². The molecular weight excluding hydrogens is 176 g/mol. The molecular formula is C11H18N2O. The summed E-state index contributed by atoms with van der Waals surface area (Å²) in [5.74, 6) is 0.954. The fourth-order valence-corrected chi connectivity index (χ4v) is 2.85. The summed E-state index contributed by atoms with van der Waals surface area (Å²) in [6.07, 6.45) is 4.93. The van der Waals surface area contributed by atoms with E-state index in [0.717, 1.165) is 18.0 Å². The highest BCUT2D eigenvalue weighted by Crippen LogP contribution is 2.42. The number of rotatable bonds is 2. The second-order valence-corrected chi connectivity index (χ2v) is 4.39. The first-order chi connectivity index (χ1) is 6.69. The Morgan fingerprint density at radius 2 is 2.00 bits per heavy atom. The van der Waals surface area contributed by atoms with Gasteiger partial charge in [0, 0.05) is 17.5 Å². The molecule has 1 aromatic rings. The van der Waals surface area contributed by atoms with Crippen LogP contribution in [0.4, 0.5) is 0 Å². The summed E-state index contributed by atoms with van der Waals surface area (Å²) in [7, 11) is 0. The van der Waals surface area contributed by atoms with Gasteiger partial charge in [-0.2, -0.15) is 0 Å². The van der Waals surface area contributed by atoms with Crippen molar-refractivity contribution in [2.24, 2.45) is 5.73 Å². The van der Waals surface area contributed by atoms with Gasteiger partial charge in [-0.15, -0.1) is 0 Å². The quantitative estimate of drug-likeness (QED) is 0.784. The van der Waals surface area contributed by atoms with Crippen molar-refractivity contribution in [3.63, 3.8) is 0 Å². The van der Waals surface area contributed by atoms with Gasteiger partial charge in [-0.05, 0) is 26.7 Å². The van der Waals surface area contributed by atoms with Crippen LogP contribution in [-0.2, 0) is 5.41 Å². The van der Waals surface area contributed by atoms with Crippen molar-refractivity contribution in [1.82, 2.24) is 5.16 Å². The molecule has 0 unspecified atom stereocenters. The molecule has 1 fully saturated rings. The van der Waals surface area contributed by atoms with Crippen LogP contribution in [0.3, 0.4) is 0 Å². The number of hydrogen-bond acceptors (Lipinski definition) is 3. The Morgan fingerprint density at radius 1 is 1.36 bits per heavy atom. The van der Waals surface area contributed by atoms with Crippen molar-refractivity contribution in [3.05, 3.63) is 17.0 Å². The molecule has 0 aliphatic heterocycles. The summed E-state index contributed by atoms with van der Waals surface area (Å²) in [4.78, 5) is 0. The van der Waals surface area contributed by atoms with E-state index in [1.807, 2.05) is 13.8 Å². The molecule has 1 aliphatic carbocycles. The van der Waals surface area contributed by atoms with Crippen LogP contribution in [0.5, 0.6) is 0 Å². The lowest BCUT2D eigenvalue weighted by atomic mass is 9.78. The number of hydrogen-bond donors (Lipinski definition) is 1. The summed E-state index contributed by atoms with van der Waals surface area (Å²) >= 11 is 0. The van der Waals surface area contributed by atoms with Gasteiger partial charge in [0.15, 0.2) is 0 Å². The Labute approximate surface area is 84.7 Å². The largest absolute Gasteiger partial charge is 0.361 e. The van der Waals surface area contributed by atoms with E-state index in [9.17, 15) is 0 Å². The summed E-state index contributed by atoms with van der Waals surface area (Å²) in [6, 6.07) is 0. The minimum atomic E-state index is 0.161. The minimum Gasteiger partial charge on any atom is -0.361 e. The van der Waals surface area contributed by atoms with Crippen LogP contribution in [0.25, 0.3) is 0 Å². The molecule has 1 aliphatic rings. The fraction of sp³-hybridized carbons (Fsp3) is 0.727. The number of nitrogens with zero attached hydrogens (tertiary/aromatic N) is 1. The van der Waals surface area contributed by atoms with E-state index in [0.29, 0.717) is 0 Å². The highest BCUT2D eigenvalue weighted by Gasteiger charge is 2.38. The third-order valence-corrected chi connectivity index (χ3v) is 3.52. The molecule has 1 heterocycles. The Morgan fingerprint density at radius 3 is 2.43 bits per heavy atom. The van der Waals surface area contributed by atoms with Gasteiger partial charge in [-0.1, -0.05) is 18.0 Å².